The second-order valence-electron chi connectivity index (χ2n) is 10.0. The van der Waals surface area contributed by atoms with Gasteiger partial charge in [-0.2, -0.15) is 0 Å². The highest BCUT2D eigenvalue weighted by atomic mass is 16.4. The number of amides is 2. The van der Waals surface area contributed by atoms with Gasteiger partial charge in [0.15, 0.2) is 0 Å². The number of carbonyl (C=O) groups is 3. The van der Waals surface area contributed by atoms with Gasteiger partial charge in [0, 0.05) is 35.0 Å². The monoisotopic (exact) mass is 488 g/mol. The molecule has 1 saturated carbocycles. The zero-order valence-electron chi connectivity index (χ0n) is 20.2. The smallest absolute Gasteiger partial charge is 0.352 e. The Morgan fingerprint density at radius 1 is 1.00 bits per heavy atom. The van der Waals surface area contributed by atoms with Crippen LogP contribution in [0.25, 0.3) is 10.9 Å². The van der Waals surface area contributed by atoms with Crippen LogP contribution in [0.4, 0.5) is 5.69 Å². The predicted octanol–water partition coefficient (Wildman–Crippen LogP) is 3.95. The summed E-state index contributed by atoms with van der Waals surface area (Å²) in [7, 11) is 0. The molecule has 1 aliphatic heterocycles. The van der Waals surface area contributed by atoms with Gasteiger partial charge in [-0.3, -0.25) is 9.59 Å². The summed E-state index contributed by atoms with van der Waals surface area (Å²) in [4.78, 5) is 43.3. The summed E-state index contributed by atoms with van der Waals surface area (Å²) in [6.07, 6.45) is 4.27. The molecule has 188 valence electrons. The van der Waals surface area contributed by atoms with E-state index in [0.29, 0.717) is 35.6 Å². The number of likely N-dealkylation sites (tertiary alicyclic amines) is 1. The number of nitrogens with two attached hydrogens (primary N) is 1. The SMILES string of the molecule is NC[C@H]1CC[C@H](C(=O)N2CC[C@@H](c3ccccc3)[C@H]2C(=O)Nc2ccc3[nH]c(C(=O)O)cc3c2)CC1. The van der Waals surface area contributed by atoms with Gasteiger partial charge < -0.3 is 26.0 Å². The topological polar surface area (TPSA) is 129 Å². The van der Waals surface area contributed by atoms with Gasteiger partial charge in [-0.25, -0.2) is 4.79 Å². The highest BCUT2D eigenvalue weighted by molar-refractivity contribution is 6.01. The molecule has 0 radical (unpaired) electrons. The number of nitrogens with one attached hydrogen (secondary N) is 2. The second-order valence-corrected chi connectivity index (χ2v) is 10.0. The summed E-state index contributed by atoms with van der Waals surface area (Å²) in [5, 5.41) is 13.0. The van der Waals surface area contributed by atoms with Gasteiger partial charge in [0.1, 0.15) is 11.7 Å². The molecule has 2 fully saturated rings. The maximum absolute atomic E-state index is 13.7. The van der Waals surface area contributed by atoms with Crippen LogP contribution in [0.3, 0.4) is 0 Å². The minimum Gasteiger partial charge on any atom is -0.477 e. The lowest BCUT2D eigenvalue weighted by Crippen LogP contribution is -2.48. The molecule has 1 aromatic heterocycles. The number of carboxylic acid groups (broad SMARTS) is 1. The van der Waals surface area contributed by atoms with Crippen molar-refractivity contribution < 1.29 is 19.5 Å². The Bertz CT molecular complexity index is 1260. The summed E-state index contributed by atoms with van der Waals surface area (Å²) >= 11 is 0. The van der Waals surface area contributed by atoms with Gasteiger partial charge in [0.25, 0.3) is 0 Å². The third-order valence-corrected chi connectivity index (χ3v) is 7.83. The fourth-order valence-electron chi connectivity index (χ4n) is 5.83. The van der Waals surface area contributed by atoms with E-state index >= 15 is 0 Å². The van der Waals surface area contributed by atoms with Crippen molar-refractivity contribution in [3.63, 3.8) is 0 Å². The van der Waals surface area contributed by atoms with Crippen LogP contribution in [0.5, 0.6) is 0 Å². The Hall–Kier alpha value is -3.65. The summed E-state index contributed by atoms with van der Waals surface area (Å²) in [5.41, 5.74) is 8.22. The molecule has 5 rings (SSSR count). The maximum Gasteiger partial charge on any atom is 0.352 e. The average Bonchev–Trinajstić information content (AvgIpc) is 3.54. The van der Waals surface area contributed by atoms with E-state index in [-0.39, 0.29) is 29.3 Å². The highest BCUT2D eigenvalue weighted by Crippen LogP contribution is 2.38. The molecule has 2 atom stereocenters. The van der Waals surface area contributed by atoms with Gasteiger partial charge >= 0.3 is 5.97 Å². The minimum absolute atomic E-state index is 0.0660. The number of aromatic nitrogens is 1. The van der Waals surface area contributed by atoms with Gasteiger partial charge in [0.05, 0.1) is 0 Å². The van der Waals surface area contributed by atoms with E-state index in [1.54, 1.807) is 29.2 Å². The molecule has 8 nitrogen and oxygen atoms in total. The first-order valence-electron chi connectivity index (χ1n) is 12.7. The van der Waals surface area contributed by atoms with Crippen LogP contribution in [-0.4, -0.2) is 51.9 Å². The number of carbonyl (C=O) groups excluding carboxylic acids is 2. The molecule has 36 heavy (non-hydrogen) atoms. The highest BCUT2D eigenvalue weighted by Gasteiger charge is 2.44. The number of aromatic carboxylic acids is 1. The zero-order valence-corrected chi connectivity index (χ0v) is 20.2. The van der Waals surface area contributed by atoms with Crippen molar-refractivity contribution in [1.82, 2.24) is 9.88 Å². The minimum atomic E-state index is -1.04. The number of rotatable bonds is 6. The molecule has 0 bridgehead atoms. The number of hydrogen-bond donors (Lipinski definition) is 4. The fraction of sp³-hybridized carbons (Fsp3) is 0.393. The normalized spacial score (nSPS) is 24.1. The van der Waals surface area contributed by atoms with Gasteiger partial charge in [-0.05, 0) is 74.4 Å². The number of benzene rings is 2. The van der Waals surface area contributed by atoms with Crippen LogP contribution in [0.1, 0.15) is 54.1 Å². The molecule has 0 spiro atoms. The lowest BCUT2D eigenvalue weighted by molar-refractivity contribution is -0.141. The molecule has 0 unspecified atom stereocenters. The number of fused-ring (bicyclic) bond motifs is 1. The number of H-pyrrole nitrogens is 1. The Morgan fingerprint density at radius 2 is 1.75 bits per heavy atom. The quantitative estimate of drug-likeness (QED) is 0.418. The van der Waals surface area contributed by atoms with Gasteiger partial charge in [0.2, 0.25) is 11.8 Å². The molecule has 2 aliphatic rings. The van der Waals surface area contributed by atoms with Crippen LogP contribution in [0.15, 0.2) is 54.6 Å². The van der Waals surface area contributed by atoms with Crippen LogP contribution in [-0.2, 0) is 9.59 Å². The van der Waals surface area contributed by atoms with Crippen molar-refractivity contribution in [3.8, 4) is 0 Å². The lowest BCUT2D eigenvalue weighted by Gasteiger charge is -2.33. The average molecular weight is 489 g/mol. The lowest BCUT2D eigenvalue weighted by atomic mass is 9.81. The molecular formula is C28H32N4O4. The Morgan fingerprint density at radius 3 is 2.44 bits per heavy atom. The first-order chi connectivity index (χ1) is 17.4. The van der Waals surface area contributed by atoms with Crippen LogP contribution in [0.2, 0.25) is 0 Å². The Labute approximate surface area is 209 Å². The van der Waals surface area contributed by atoms with Crippen molar-refractivity contribution in [2.45, 2.75) is 44.1 Å². The molecule has 3 aromatic rings. The van der Waals surface area contributed by atoms with E-state index in [1.165, 1.54) is 0 Å². The number of hydrogen-bond acceptors (Lipinski definition) is 4. The predicted molar refractivity (Wildman–Crippen MR) is 138 cm³/mol. The first-order valence-corrected chi connectivity index (χ1v) is 12.7. The summed E-state index contributed by atoms with van der Waals surface area (Å²) < 4.78 is 0. The fourth-order valence-corrected chi connectivity index (χ4v) is 5.83. The molecule has 2 amide bonds. The van der Waals surface area contributed by atoms with E-state index in [0.717, 1.165) is 37.7 Å². The van der Waals surface area contributed by atoms with Crippen LogP contribution < -0.4 is 11.1 Å². The zero-order chi connectivity index (χ0) is 25.2. The second kappa shape index (κ2) is 10.1. The molecule has 1 saturated heterocycles. The molecule has 8 heteroatoms. The summed E-state index contributed by atoms with van der Waals surface area (Å²) in [6, 6.07) is 16.1. The summed E-state index contributed by atoms with van der Waals surface area (Å²) in [6.45, 7) is 1.21. The third kappa shape index (κ3) is 4.73. The third-order valence-electron chi connectivity index (χ3n) is 7.83. The maximum atomic E-state index is 13.7. The van der Waals surface area contributed by atoms with E-state index in [2.05, 4.69) is 10.3 Å². The first kappa shape index (κ1) is 24.1. The van der Waals surface area contributed by atoms with Crippen molar-refractivity contribution in [3.05, 3.63) is 65.9 Å². The van der Waals surface area contributed by atoms with Crippen LogP contribution in [0, 0.1) is 11.8 Å². The molecule has 5 N–H and O–H groups in total. The van der Waals surface area contributed by atoms with Crippen molar-refractivity contribution in [2.75, 3.05) is 18.4 Å². The molecule has 2 aromatic carbocycles. The van der Waals surface area contributed by atoms with E-state index in [4.69, 9.17) is 5.73 Å². The number of aromatic amines is 1. The largest absolute Gasteiger partial charge is 0.477 e. The van der Waals surface area contributed by atoms with Gasteiger partial charge in [-0.1, -0.05) is 30.3 Å². The molecular weight excluding hydrogens is 456 g/mol. The van der Waals surface area contributed by atoms with E-state index in [9.17, 15) is 19.5 Å². The standard InChI is InChI=1S/C28H32N4O4/c29-16-17-6-8-19(9-7-17)27(34)32-13-12-22(18-4-2-1-3-5-18)25(32)26(33)30-21-10-11-23-20(14-21)15-24(31-23)28(35)36/h1-5,10-11,14-15,17,19,22,25,31H,6-9,12-13,16,29H2,(H,30,33)(H,35,36)/t17-,19-,22-,25-/m0/s1. The number of nitrogens with zero attached hydrogens (tertiary/aromatic N) is 1. The Kier molecular flexibility index (Phi) is 6.78. The van der Waals surface area contributed by atoms with E-state index in [1.807, 2.05) is 30.3 Å². The number of carboxylic acids is 1. The van der Waals surface area contributed by atoms with Crippen molar-refractivity contribution >= 4 is 34.4 Å². The molecule has 2 heterocycles. The van der Waals surface area contributed by atoms with Crippen LogP contribution >= 0.6 is 0 Å². The molecule has 1 aliphatic carbocycles. The Balaban J connectivity index is 1.39. The number of anilines is 1. The summed E-state index contributed by atoms with van der Waals surface area (Å²) in [5.74, 6) is -0.875. The van der Waals surface area contributed by atoms with Crippen molar-refractivity contribution in [1.29, 1.82) is 0 Å². The van der Waals surface area contributed by atoms with E-state index < -0.39 is 12.0 Å². The van der Waals surface area contributed by atoms with Crippen molar-refractivity contribution in [2.24, 2.45) is 17.6 Å². The van der Waals surface area contributed by atoms with Gasteiger partial charge in [-0.15, -0.1) is 0 Å².